The molecule has 2 rings (SSSR count). The molecule has 1 saturated heterocycles. The maximum absolute atomic E-state index is 14.0. The number of rotatable bonds is 5. The van der Waals surface area contributed by atoms with E-state index >= 15 is 0 Å². The number of halogens is 1. The molecule has 0 saturated carbocycles. The molecule has 3 N–H and O–H groups in total. The lowest BCUT2D eigenvalue weighted by Gasteiger charge is -2.22. The molecule has 9 heteroatoms. The second-order valence-electron chi connectivity index (χ2n) is 6.58. The number of imide groups is 2. The van der Waals surface area contributed by atoms with Crippen LogP contribution in [0.5, 0.6) is 0 Å². The SMILES string of the molecule is CC(C)CNC(=O)NC(=O)CN1C(=O)NC(C)(c2ccccc2F)C1=O. The molecular formula is C17H21FN4O4. The second kappa shape index (κ2) is 7.51. The number of carbonyl (C=O) groups is 4. The number of nitrogens with one attached hydrogen (secondary N) is 3. The van der Waals surface area contributed by atoms with Gasteiger partial charge in [0.25, 0.3) is 5.91 Å². The van der Waals surface area contributed by atoms with Gasteiger partial charge in [-0.2, -0.15) is 0 Å². The van der Waals surface area contributed by atoms with Crippen LogP contribution in [0.4, 0.5) is 14.0 Å². The first-order valence-corrected chi connectivity index (χ1v) is 8.12. The highest BCUT2D eigenvalue weighted by atomic mass is 19.1. The van der Waals surface area contributed by atoms with Crippen molar-refractivity contribution in [1.82, 2.24) is 20.9 Å². The van der Waals surface area contributed by atoms with E-state index in [1.807, 2.05) is 19.2 Å². The Labute approximate surface area is 150 Å². The minimum absolute atomic E-state index is 0.00376. The van der Waals surface area contributed by atoms with Crippen LogP contribution in [0.25, 0.3) is 0 Å². The number of urea groups is 2. The molecule has 0 aliphatic carbocycles. The third-order valence-corrected chi connectivity index (χ3v) is 3.91. The average molecular weight is 364 g/mol. The highest BCUT2D eigenvalue weighted by Crippen LogP contribution is 2.30. The molecule has 6 amide bonds. The van der Waals surface area contributed by atoms with Crippen LogP contribution in [0.3, 0.4) is 0 Å². The van der Waals surface area contributed by atoms with Gasteiger partial charge in [0.05, 0.1) is 0 Å². The molecule has 1 atom stereocenters. The Morgan fingerprint density at radius 1 is 1.27 bits per heavy atom. The summed E-state index contributed by atoms with van der Waals surface area (Å²) in [5, 5.41) is 6.93. The van der Waals surface area contributed by atoms with Crippen LogP contribution in [-0.2, 0) is 15.1 Å². The standard InChI is InChI=1S/C17H21FN4O4/c1-10(2)8-19-15(25)20-13(23)9-22-14(24)17(3,21-16(22)26)11-6-4-5-7-12(11)18/h4-7,10H,8-9H2,1-3H3,(H,21,26)(H2,19,20,23,25). The van der Waals surface area contributed by atoms with Crippen molar-refractivity contribution < 1.29 is 23.6 Å². The Morgan fingerprint density at radius 2 is 1.92 bits per heavy atom. The summed E-state index contributed by atoms with van der Waals surface area (Å²) in [4.78, 5) is 48.9. The van der Waals surface area contributed by atoms with Crippen molar-refractivity contribution >= 4 is 23.9 Å². The lowest BCUT2D eigenvalue weighted by atomic mass is 9.91. The molecule has 1 aliphatic rings. The van der Waals surface area contributed by atoms with E-state index in [0.717, 1.165) is 0 Å². The predicted octanol–water partition coefficient (Wildman–Crippen LogP) is 1.07. The summed E-state index contributed by atoms with van der Waals surface area (Å²) in [6, 6.07) is 4.01. The van der Waals surface area contributed by atoms with Gasteiger partial charge in [-0.1, -0.05) is 32.0 Å². The zero-order valence-corrected chi connectivity index (χ0v) is 14.8. The van der Waals surface area contributed by atoms with Gasteiger partial charge in [0, 0.05) is 12.1 Å². The van der Waals surface area contributed by atoms with Crippen molar-refractivity contribution in [2.75, 3.05) is 13.1 Å². The molecule has 0 bridgehead atoms. The van der Waals surface area contributed by atoms with Crippen molar-refractivity contribution in [3.8, 4) is 0 Å². The number of hydrogen-bond acceptors (Lipinski definition) is 4. The van der Waals surface area contributed by atoms with Gasteiger partial charge in [-0.25, -0.2) is 14.0 Å². The summed E-state index contributed by atoms with van der Waals surface area (Å²) in [6.45, 7) is 4.86. The Hall–Kier alpha value is -2.97. The van der Waals surface area contributed by atoms with Crippen LogP contribution < -0.4 is 16.0 Å². The van der Waals surface area contributed by atoms with Crippen molar-refractivity contribution in [2.45, 2.75) is 26.3 Å². The molecule has 1 aliphatic heterocycles. The summed E-state index contributed by atoms with van der Waals surface area (Å²) in [5.41, 5.74) is -1.63. The number of nitrogens with zero attached hydrogens (tertiary/aromatic N) is 1. The maximum Gasteiger partial charge on any atom is 0.325 e. The maximum atomic E-state index is 14.0. The number of hydrogen-bond donors (Lipinski definition) is 3. The van der Waals surface area contributed by atoms with Gasteiger partial charge in [-0.15, -0.1) is 0 Å². The van der Waals surface area contributed by atoms with Crippen LogP contribution in [0.1, 0.15) is 26.3 Å². The first-order chi connectivity index (χ1) is 12.1. The fourth-order valence-electron chi connectivity index (χ4n) is 2.54. The van der Waals surface area contributed by atoms with Gasteiger partial charge < -0.3 is 10.6 Å². The highest BCUT2D eigenvalue weighted by Gasteiger charge is 2.50. The van der Waals surface area contributed by atoms with E-state index in [0.29, 0.717) is 11.4 Å². The minimum Gasteiger partial charge on any atom is -0.338 e. The lowest BCUT2D eigenvalue weighted by molar-refractivity contribution is -0.134. The fraction of sp³-hybridized carbons (Fsp3) is 0.412. The van der Waals surface area contributed by atoms with Crippen LogP contribution in [-0.4, -0.2) is 41.9 Å². The van der Waals surface area contributed by atoms with Crippen molar-refractivity contribution in [3.63, 3.8) is 0 Å². The van der Waals surface area contributed by atoms with E-state index in [-0.39, 0.29) is 11.5 Å². The molecular weight excluding hydrogens is 343 g/mol. The van der Waals surface area contributed by atoms with Crippen LogP contribution >= 0.6 is 0 Å². The number of carbonyl (C=O) groups excluding carboxylic acids is 4. The fourth-order valence-corrected chi connectivity index (χ4v) is 2.54. The van der Waals surface area contributed by atoms with Gasteiger partial charge in [0.1, 0.15) is 17.9 Å². The molecule has 0 radical (unpaired) electrons. The lowest BCUT2D eigenvalue weighted by Crippen LogP contribution is -2.47. The van der Waals surface area contributed by atoms with Gasteiger partial charge in [0.15, 0.2) is 0 Å². The van der Waals surface area contributed by atoms with Gasteiger partial charge in [0.2, 0.25) is 5.91 Å². The third kappa shape index (κ3) is 3.98. The molecule has 0 aromatic heterocycles. The average Bonchev–Trinajstić information content (AvgIpc) is 2.77. The zero-order chi connectivity index (χ0) is 19.5. The number of amides is 6. The van der Waals surface area contributed by atoms with Crippen LogP contribution in [0, 0.1) is 11.7 Å². The monoisotopic (exact) mass is 364 g/mol. The Bertz CT molecular complexity index is 752. The van der Waals surface area contributed by atoms with E-state index < -0.39 is 41.8 Å². The normalized spacial score (nSPS) is 19.5. The first kappa shape index (κ1) is 19.4. The largest absolute Gasteiger partial charge is 0.338 e. The van der Waals surface area contributed by atoms with Crippen molar-refractivity contribution in [3.05, 3.63) is 35.6 Å². The number of benzene rings is 1. The topological polar surface area (TPSA) is 108 Å². The molecule has 140 valence electrons. The highest BCUT2D eigenvalue weighted by molar-refractivity contribution is 6.10. The van der Waals surface area contributed by atoms with E-state index in [2.05, 4.69) is 10.6 Å². The summed E-state index contributed by atoms with van der Waals surface area (Å²) in [5.74, 6) is -2.05. The van der Waals surface area contributed by atoms with Gasteiger partial charge >= 0.3 is 12.1 Å². The van der Waals surface area contributed by atoms with Crippen molar-refractivity contribution in [1.29, 1.82) is 0 Å². The molecule has 1 unspecified atom stereocenters. The van der Waals surface area contributed by atoms with E-state index in [4.69, 9.17) is 0 Å². The van der Waals surface area contributed by atoms with Crippen molar-refractivity contribution in [2.24, 2.45) is 5.92 Å². The molecule has 1 aromatic carbocycles. The molecule has 1 fully saturated rings. The minimum atomic E-state index is -1.62. The summed E-state index contributed by atoms with van der Waals surface area (Å²) >= 11 is 0. The van der Waals surface area contributed by atoms with E-state index in [1.54, 1.807) is 0 Å². The molecule has 1 aromatic rings. The molecule has 8 nitrogen and oxygen atoms in total. The zero-order valence-electron chi connectivity index (χ0n) is 14.8. The predicted molar refractivity (Wildman–Crippen MR) is 90.4 cm³/mol. The summed E-state index contributed by atoms with van der Waals surface area (Å²) in [6.07, 6.45) is 0. The summed E-state index contributed by atoms with van der Waals surface area (Å²) in [7, 11) is 0. The Morgan fingerprint density at radius 3 is 2.54 bits per heavy atom. The van der Waals surface area contributed by atoms with E-state index in [9.17, 15) is 23.6 Å². The second-order valence-corrected chi connectivity index (χ2v) is 6.58. The molecule has 26 heavy (non-hydrogen) atoms. The smallest absolute Gasteiger partial charge is 0.325 e. The Kier molecular flexibility index (Phi) is 5.59. The Balaban J connectivity index is 2.06. The molecule has 1 heterocycles. The summed E-state index contributed by atoms with van der Waals surface area (Å²) < 4.78 is 14.0. The van der Waals surface area contributed by atoms with Crippen LogP contribution in [0.2, 0.25) is 0 Å². The van der Waals surface area contributed by atoms with Gasteiger partial charge in [-0.05, 0) is 18.9 Å². The van der Waals surface area contributed by atoms with E-state index in [1.165, 1.54) is 31.2 Å². The van der Waals surface area contributed by atoms with Gasteiger partial charge in [-0.3, -0.25) is 19.8 Å². The first-order valence-electron chi connectivity index (χ1n) is 8.12. The molecule has 0 spiro atoms. The van der Waals surface area contributed by atoms with Crippen LogP contribution in [0.15, 0.2) is 24.3 Å². The third-order valence-electron chi connectivity index (χ3n) is 3.91. The quantitative estimate of drug-likeness (QED) is 0.679.